The highest BCUT2D eigenvalue weighted by Crippen LogP contribution is 2.33. The number of hydrogen-bond acceptors (Lipinski definition) is 3. The van der Waals surface area contributed by atoms with Gasteiger partial charge in [-0.15, -0.1) is 0 Å². The van der Waals surface area contributed by atoms with Crippen LogP contribution in [0.2, 0.25) is 10.0 Å². The van der Waals surface area contributed by atoms with Gasteiger partial charge < -0.3 is 9.47 Å². The van der Waals surface area contributed by atoms with Crippen molar-refractivity contribution in [2.45, 2.75) is 12.8 Å². The molecule has 21 heavy (non-hydrogen) atoms. The summed E-state index contributed by atoms with van der Waals surface area (Å²) in [5, 5.41) is 1.15. The molecule has 0 radical (unpaired) electrons. The van der Waals surface area contributed by atoms with Gasteiger partial charge in [0.05, 0.1) is 0 Å². The zero-order chi connectivity index (χ0) is 14.8. The van der Waals surface area contributed by atoms with Gasteiger partial charge in [0.1, 0.15) is 0 Å². The lowest BCUT2D eigenvalue weighted by Gasteiger charge is -2.04. The van der Waals surface area contributed by atoms with Crippen LogP contribution in [0, 0.1) is 0 Å². The topological polar surface area (TPSA) is 35.5 Å². The molecule has 1 heterocycles. The quantitative estimate of drug-likeness (QED) is 0.775. The Morgan fingerprint density at radius 1 is 1.00 bits per heavy atom. The molecule has 108 valence electrons. The molecule has 0 aromatic heterocycles. The third kappa shape index (κ3) is 3.31. The Balaban J connectivity index is 1.69. The minimum absolute atomic E-state index is 0.0457. The van der Waals surface area contributed by atoms with E-state index in [9.17, 15) is 4.79 Å². The van der Waals surface area contributed by atoms with Crippen molar-refractivity contribution in [2.24, 2.45) is 0 Å². The molecule has 1 aliphatic heterocycles. The van der Waals surface area contributed by atoms with Gasteiger partial charge >= 0.3 is 0 Å². The summed E-state index contributed by atoms with van der Waals surface area (Å²) >= 11 is 11.9. The van der Waals surface area contributed by atoms with E-state index in [1.165, 1.54) is 0 Å². The summed E-state index contributed by atoms with van der Waals surface area (Å²) in [5.41, 5.74) is 1.56. The van der Waals surface area contributed by atoms with Crippen molar-refractivity contribution in [1.82, 2.24) is 0 Å². The predicted octanol–water partition coefficient (Wildman–Crippen LogP) is 4.54. The SMILES string of the molecule is O=C(CCc1cc(Cl)cc(Cl)c1)c1ccc2c(c1)OCO2. The second kappa shape index (κ2) is 5.96. The van der Waals surface area contributed by atoms with Crippen molar-refractivity contribution in [3.05, 3.63) is 57.6 Å². The number of ether oxygens (including phenoxy) is 2. The fourth-order valence-electron chi connectivity index (χ4n) is 2.23. The largest absolute Gasteiger partial charge is 0.454 e. The van der Waals surface area contributed by atoms with Crippen LogP contribution in [0.5, 0.6) is 11.5 Å². The van der Waals surface area contributed by atoms with Gasteiger partial charge in [0.15, 0.2) is 17.3 Å². The highest BCUT2D eigenvalue weighted by Gasteiger charge is 2.16. The van der Waals surface area contributed by atoms with Crippen LogP contribution in [0.1, 0.15) is 22.3 Å². The zero-order valence-corrected chi connectivity index (χ0v) is 12.6. The number of hydrogen-bond donors (Lipinski definition) is 0. The van der Waals surface area contributed by atoms with E-state index in [2.05, 4.69) is 0 Å². The molecule has 0 fully saturated rings. The van der Waals surface area contributed by atoms with E-state index in [4.69, 9.17) is 32.7 Å². The van der Waals surface area contributed by atoms with Gasteiger partial charge in [0.2, 0.25) is 6.79 Å². The van der Waals surface area contributed by atoms with Gasteiger partial charge in [-0.1, -0.05) is 23.2 Å². The maximum Gasteiger partial charge on any atom is 0.231 e. The number of fused-ring (bicyclic) bond motifs is 1. The first kappa shape index (κ1) is 14.2. The van der Waals surface area contributed by atoms with E-state index in [1.807, 2.05) is 12.1 Å². The van der Waals surface area contributed by atoms with Crippen LogP contribution >= 0.6 is 23.2 Å². The first-order valence-corrected chi connectivity index (χ1v) is 7.25. The molecule has 0 unspecified atom stereocenters. The van der Waals surface area contributed by atoms with Crippen molar-refractivity contribution in [3.63, 3.8) is 0 Å². The van der Waals surface area contributed by atoms with Crippen molar-refractivity contribution >= 4 is 29.0 Å². The molecule has 0 amide bonds. The average Bonchev–Trinajstić information content (AvgIpc) is 2.91. The monoisotopic (exact) mass is 322 g/mol. The molecule has 0 saturated carbocycles. The Kier molecular flexibility index (Phi) is 4.04. The zero-order valence-electron chi connectivity index (χ0n) is 11.1. The number of rotatable bonds is 4. The fourth-order valence-corrected chi connectivity index (χ4v) is 2.80. The maximum atomic E-state index is 12.2. The minimum atomic E-state index is 0.0457. The van der Waals surface area contributed by atoms with E-state index in [0.717, 1.165) is 5.56 Å². The maximum absolute atomic E-state index is 12.2. The van der Waals surface area contributed by atoms with E-state index in [-0.39, 0.29) is 12.6 Å². The average molecular weight is 323 g/mol. The Labute approximate surface area is 132 Å². The molecule has 0 saturated heterocycles. The van der Waals surface area contributed by atoms with Crippen molar-refractivity contribution in [2.75, 3.05) is 6.79 Å². The highest BCUT2D eigenvalue weighted by molar-refractivity contribution is 6.34. The van der Waals surface area contributed by atoms with Crippen LogP contribution in [0.25, 0.3) is 0 Å². The van der Waals surface area contributed by atoms with E-state index in [0.29, 0.717) is 39.9 Å². The van der Waals surface area contributed by atoms with E-state index < -0.39 is 0 Å². The smallest absolute Gasteiger partial charge is 0.231 e. The lowest BCUT2D eigenvalue weighted by molar-refractivity contribution is 0.0982. The number of benzene rings is 2. The molecule has 0 bridgehead atoms. The molecule has 2 aromatic rings. The second-order valence-electron chi connectivity index (χ2n) is 4.77. The summed E-state index contributed by atoms with van der Waals surface area (Å²) in [7, 11) is 0. The first-order valence-electron chi connectivity index (χ1n) is 6.49. The van der Waals surface area contributed by atoms with Crippen LogP contribution in [0.15, 0.2) is 36.4 Å². The number of ketones is 1. The van der Waals surface area contributed by atoms with Crippen LogP contribution < -0.4 is 9.47 Å². The summed E-state index contributed by atoms with van der Waals surface area (Å²) < 4.78 is 10.5. The van der Waals surface area contributed by atoms with E-state index >= 15 is 0 Å². The molecule has 3 rings (SSSR count). The minimum Gasteiger partial charge on any atom is -0.454 e. The lowest BCUT2D eigenvalue weighted by Crippen LogP contribution is -2.01. The summed E-state index contributed by atoms with van der Waals surface area (Å²) in [6, 6.07) is 10.5. The molecule has 2 aromatic carbocycles. The van der Waals surface area contributed by atoms with E-state index in [1.54, 1.807) is 24.3 Å². The predicted molar refractivity (Wildman–Crippen MR) is 81.7 cm³/mol. The number of carbonyl (C=O) groups is 1. The molecular formula is C16H12Cl2O3. The molecule has 0 atom stereocenters. The van der Waals surface area contributed by atoms with Crippen LogP contribution in [0.4, 0.5) is 0 Å². The van der Waals surface area contributed by atoms with Crippen molar-refractivity contribution in [1.29, 1.82) is 0 Å². The number of halogens is 2. The van der Waals surface area contributed by atoms with Crippen molar-refractivity contribution in [3.8, 4) is 11.5 Å². The second-order valence-corrected chi connectivity index (χ2v) is 5.64. The Morgan fingerprint density at radius 3 is 2.48 bits per heavy atom. The van der Waals surface area contributed by atoms with Crippen LogP contribution in [-0.2, 0) is 6.42 Å². The molecule has 3 nitrogen and oxygen atoms in total. The number of Topliss-reactive ketones (excluding diaryl/α,β-unsaturated/α-hetero) is 1. The van der Waals surface area contributed by atoms with Gasteiger partial charge in [-0.3, -0.25) is 4.79 Å². The van der Waals surface area contributed by atoms with Gasteiger partial charge in [0.25, 0.3) is 0 Å². The molecule has 1 aliphatic rings. The molecule has 5 heteroatoms. The van der Waals surface area contributed by atoms with Gasteiger partial charge in [0, 0.05) is 22.0 Å². The standard InChI is InChI=1S/C16H12Cl2O3/c17-12-5-10(6-13(18)8-12)1-3-14(19)11-2-4-15-16(7-11)21-9-20-15/h2,4-8H,1,3,9H2. The first-order chi connectivity index (χ1) is 10.1. The molecule has 0 spiro atoms. The molecular weight excluding hydrogens is 311 g/mol. The Bertz CT molecular complexity index is 678. The third-order valence-electron chi connectivity index (χ3n) is 3.26. The summed E-state index contributed by atoms with van der Waals surface area (Å²) in [6.07, 6.45) is 0.976. The summed E-state index contributed by atoms with van der Waals surface area (Å²) in [6.45, 7) is 0.202. The number of aryl methyl sites for hydroxylation is 1. The van der Waals surface area contributed by atoms with Crippen LogP contribution in [0.3, 0.4) is 0 Å². The Hall–Kier alpha value is -1.71. The van der Waals surface area contributed by atoms with Gasteiger partial charge in [-0.2, -0.15) is 0 Å². The fraction of sp³-hybridized carbons (Fsp3) is 0.188. The highest BCUT2D eigenvalue weighted by atomic mass is 35.5. The normalized spacial score (nSPS) is 12.5. The molecule has 0 N–H and O–H groups in total. The summed E-state index contributed by atoms with van der Waals surface area (Å²) in [4.78, 5) is 12.2. The Morgan fingerprint density at radius 2 is 1.71 bits per heavy atom. The van der Waals surface area contributed by atoms with Crippen LogP contribution in [-0.4, -0.2) is 12.6 Å². The van der Waals surface area contributed by atoms with Crippen molar-refractivity contribution < 1.29 is 14.3 Å². The van der Waals surface area contributed by atoms with Gasteiger partial charge in [-0.05, 0) is 48.4 Å². The molecule has 0 aliphatic carbocycles. The number of carbonyl (C=O) groups excluding carboxylic acids is 1. The summed E-state index contributed by atoms with van der Waals surface area (Å²) in [5.74, 6) is 1.34. The lowest BCUT2D eigenvalue weighted by atomic mass is 10.0. The third-order valence-corrected chi connectivity index (χ3v) is 3.69. The van der Waals surface area contributed by atoms with Gasteiger partial charge in [-0.25, -0.2) is 0 Å².